The van der Waals surface area contributed by atoms with Crippen LogP contribution in [0.4, 0.5) is 0 Å². The minimum absolute atomic E-state index is 0.135. The summed E-state index contributed by atoms with van der Waals surface area (Å²) in [4.78, 5) is 36.3. The lowest BCUT2D eigenvalue weighted by Crippen LogP contribution is -2.38. The first-order valence-electron chi connectivity index (χ1n) is 10.1. The third-order valence-electron chi connectivity index (χ3n) is 5.83. The maximum atomic E-state index is 12.4. The fraction of sp³-hybridized carbons (Fsp3) is 0.682. The maximum Gasteiger partial charge on any atom is 0.334 e. The van der Waals surface area contributed by atoms with Gasteiger partial charge in [-0.15, -0.1) is 0 Å². The molecule has 2 saturated heterocycles. The van der Waals surface area contributed by atoms with Crippen LogP contribution in [0.15, 0.2) is 23.8 Å². The Morgan fingerprint density at radius 2 is 2.03 bits per heavy atom. The zero-order valence-corrected chi connectivity index (χ0v) is 17.7. The summed E-state index contributed by atoms with van der Waals surface area (Å²) in [6.07, 6.45) is 1.16. The van der Waals surface area contributed by atoms with Crippen LogP contribution in [0.25, 0.3) is 0 Å². The van der Waals surface area contributed by atoms with Crippen molar-refractivity contribution in [3.05, 3.63) is 23.8 Å². The van der Waals surface area contributed by atoms with E-state index in [9.17, 15) is 14.4 Å². The highest BCUT2D eigenvalue weighted by Gasteiger charge is 2.58. The van der Waals surface area contributed by atoms with Gasteiger partial charge in [0.15, 0.2) is 0 Å². The zero-order chi connectivity index (χ0) is 21.5. The summed E-state index contributed by atoms with van der Waals surface area (Å²) in [5.41, 5.74) is 0.520. The second kappa shape index (κ2) is 7.94. The van der Waals surface area contributed by atoms with E-state index in [1.165, 1.54) is 6.92 Å². The summed E-state index contributed by atoms with van der Waals surface area (Å²) in [6.45, 7) is 12.9. The van der Waals surface area contributed by atoms with Crippen molar-refractivity contribution in [3.63, 3.8) is 0 Å². The van der Waals surface area contributed by atoms with Crippen molar-refractivity contribution < 1.29 is 33.3 Å². The van der Waals surface area contributed by atoms with Crippen molar-refractivity contribution in [2.75, 3.05) is 0 Å². The molecule has 0 N–H and O–H groups in total. The number of carbonyl (C=O) groups is 3. The molecule has 0 aromatic heterocycles. The van der Waals surface area contributed by atoms with E-state index in [0.29, 0.717) is 19.3 Å². The van der Waals surface area contributed by atoms with Gasteiger partial charge in [0.2, 0.25) is 0 Å². The first kappa shape index (κ1) is 21.6. The SMILES string of the molecule is C=C1C(=O)O[C@@H]2/C=C(/C)[C@@H](OC(C)=O)C[C@H]3O[C@]3(C)C[C@@H](OC(=O)CC(C)C)[C@@H]12. The smallest absolute Gasteiger partial charge is 0.334 e. The Morgan fingerprint density at radius 1 is 1.34 bits per heavy atom. The third-order valence-corrected chi connectivity index (χ3v) is 5.83. The van der Waals surface area contributed by atoms with Crippen LogP contribution in [-0.4, -0.2) is 47.9 Å². The molecule has 0 bridgehead atoms. The molecule has 0 radical (unpaired) electrons. The normalized spacial score (nSPS) is 38.3. The molecule has 0 aromatic carbocycles. The second-order valence-corrected chi connectivity index (χ2v) is 8.91. The van der Waals surface area contributed by atoms with Gasteiger partial charge >= 0.3 is 17.9 Å². The highest BCUT2D eigenvalue weighted by atomic mass is 16.6. The molecule has 6 atom stereocenters. The minimum atomic E-state index is -0.635. The molecule has 3 rings (SSSR count). The number of carbonyl (C=O) groups excluding carboxylic acids is 3. The molecule has 160 valence electrons. The fourth-order valence-electron chi connectivity index (χ4n) is 4.23. The summed E-state index contributed by atoms with van der Waals surface area (Å²) in [6, 6.07) is 0. The quantitative estimate of drug-likeness (QED) is 0.233. The number of fused-ring (bicyclic) bond motifs is 2. The number of esters is 3. The second-order valence-electron chi connectivity index (χ2n) is 8.91. The first-order valence-corrected chi connectivity index (χ1v) is 10.1. The highest BCUT2D eigenvalue weighted by Crippen LogP contribution is 2.48. The topological polar surface area (TPSA) is 91.4 Å². The average Bonchev–Trinajstić information content (AvgIpc) is 3.11. The Hall–Kier alpha value is -2.15. The number of ether oxygens (including phenoxy) is 4. The lowest BCUT2D eigenvalue weighted by molar-refractivity contribution is -0.154. The number of rotatable bonds is 4. The van der Waals surface area contributed by atoms with Gasteiger partial charge in [0.05, 0.1) is 17.6 Å². The Kier molecular flexibility index (Phi) is 5.90. The molecule has 0 saturated carbocycles. The third kappa shape index (κ3) is 4.71. The van der Waals surface area contributed by atoms with Crippen LogP contribution in [-0.2, 0) is 33.3 Å². The molecule has 2 fully saturated rings. The van der Waals surface area contributed by atoms with Crippen LogP contribution >= 0.6 is 0 Å². The van der Waals surface area contributed by atoms with E-state index in [4.69, 9.17) is 18.9 Å². The first-order chi connectivity index (χ1) is 13.5. The van der Waals surface area contributed by atoms with E-state index in [2.05, 4.69) is 6.58 Å². The van der Waals surface area contributed by atoms with Crippen LogP contribution in [0.5, 0.6) is 0 Å². The van der Waals surface area contributed by atoms with E-state index in [1.807, 2.05) is 27.7 Å². The standard InChI is InChI=1S/C22H30O7/c1-11(2)7-19(24)27-17-10-22(6)18(29-22)9-15(26-14(5)23)12(3)8-16-20(17)13(4)21(25)28-16/h8,11,15-18,20H,4,7,9-10H2,1-3,5-6H3/b12-8-/t15-,16+,17+,18+,20-,22+/m0/s1. The minimum Gasteiger partial charge on any atom is -0.461 e. The van der Waals surface area contributed by atoms with Crippen molar-refractivity contribution in [1.82, 2.24) is 0 Å². The van der Waals surface area contributed by atoms with Gasteiger partial charge < -0.3 is 18.9 Å². The van der Waals surface area contributed by atoms with E-state index in [0.717, 1.165) is 5.57 Å². The maximum absolute atomic E-state index is 12.4. The lowest BCUT2D eigenvalue weighted by Gasteiger charge is -2.29. The summed E-state index contributed by atoms with van der Waals surface area (Å²) >= 11 is 0. The van der Waals surface area contributed by atoms with Gasteiger partial charge in [-0.25, -0.2) is 4.79 Å². The Bertz CT molecular complexity index is 752. The molecular weight excluding hydrogens is 376 g/mol. The van der Waals surface area contributed by atoms with Crippen molar-refractivity contribution in [1.29, 1.82) is 0 Å². The molecule has 3 aliphatic rings. The van der Waals surface area contributed by atoms with Crippen LogP contribution in [0.3, 0.4) is 0 Å². The molecule has 7 nitrogen and oxygen atoms in total. The van der Waals surface area contributed by atoms with Crippen molar-refractivity contribution >= 4 is 17.9 Å². The summed E-state index contributed by atoms with van der Waals surface area (Å²) in [5.74, 6) is -1.55. The average molecular weight is 406 g/mol. The molecule has 2 heterocycles. The molecular formula is C22H30O7. The lowest BCUT2D eigenvalue weighted by atomic mass is 9.82. The van der Waals surface area contributed by atoms with E-state index < -0.39 is 35.8 Å². The van der Waals surface area contributed by atoms with E-state index >= 15 is 0 Å². The predicted octanol–water partition coefficient (Wildman–Crippen LogP) is 2.87. The van der Waals surface area contributed by atoms with Gasteiger partial charge in [-0.1, -0.05) is 20.4 Å². The van der Waals surface area contributed by atoms with Gasteiger partial charge in [-0.2, -0.15) is 0 Å². The zero-order valence-electron chi connectivity index (χ0n) is 17.7. The van der Waals surface area contributed by atoms with Crippen molar-refractivity contribution in [2.24, 2.45) is 11.8 Å². The Balaban J connectivity index is 1.94. The van der Waals surface area contributed by atoms with Crippen LogP contribution in [0.1, 0.15) is 53.9 Å². The molecule has 0 amide bonds. The largest absolute Gasteiger partial charge is 0.461 e. The molecule has 0 spiro atoms. The Labute approximate surface area is 171 Å². The number of hydrogen-bond acceptors (Lipinski definition) is 7. The van der Waals surface area contributed by atoms with Gasteiger partial charge in [-0.3, -0.25) is 9.59 Å². The van der Waals surface area contributed by atoms with E-state index in [-0.39, 0.29) is 29.5 Å². The monoisotopic (exact) mass is 406 g/mol. The number of hydrogen-bond donors (Lipinski definition) is 0. The molecule has 29 heavy (non-hydrogen) atoms. The van der Waals surface area contributed by atoms with Gasteiger partial charge in [0.1, 0.15) is 18.3 Å². The predicted molar refractivity (Wildman–Crippen MR) is 104 cm³/mol. The summed E-state index contributed by atoms with van der Waals surface area (Å²) < 4.78 is 22.8. The molecule has 7 heteroatoms. The molecule has 2 aliphatic heterocycles. The molecule has 0 unspecified atom stereocenters. The van der Waals surface area contributed by atoms with Crippen LogP contribution in [0.2, 0.25) is 0 Å². The fourth-order valence-corrected chi connectivity index (χ4v) is 4.23. The van der Waals surface area contributed by atoms with Crippen LogP contribution in [0, 0.1) is 11.8 Å². The highest BCUT2D eigenvalue weighted by molar-refractivity contribution is 5.91. The molecule has 0 aromatic rings. The van der Waals surface area contributed by atoms with E-state index in [1.54, 1.807) is 6.08 Å². The van der Waals surface area contributed by atoms with Gasteiger partial charge in [0, 0.05) is 31.8 Å². The number of epoxide rings is 1. The van der Waals surface area contributed by atoms with Crippen molar-refractivity contribution in [3.8, 4) is 0 Å². The van der Waals surface area contributed by atoms with Crippen molar-refractivity contribution in [2.45, 2.75) is 83.9 Å². The summed E-state index contributed by atoms with van der Waals surface area (Å²) in [7, 11) is 0. The van der Waals surface area contributed by atoms with Gasteiger partial charge in [0.25, 0.3) is 0 Å². The van der Waals surface area contributed by atoms with Gasteiger partial charge in [-0.05, 0) is 31.4 Å². The molecule has 1 aliphatic carbocycles. The van der Waals surface area contributed by atoms with Crippen LogP contribution < -0.4 is 0 Å². The summed E-state index contributed by atoms with van der Waals surface area (Å²) in [5, 5.41) is 0. The Morgan fingerprint density at radius 3 is 2.66 bits per heavy atom.